The van der Waals surface area contributed by atoms with Crippen LogP contribution in [-0.4, -0.2) is 49.1 Å². The van der Waals surface area contributed by atoms with Crippen LogP contribution < -0.4 is 5.32 Å². The Labute approximate surface area is 107 Å². The standard InChI is InChI=1S/C13H20N2O3/c1-3-18-13(17)9(2)8-15-6-4-5-10-11(15)7-14-12(10)16/h10-11H,2-8H2,1H3,(H,14,16). The van der Waals surface area contributed by atoms with Crippen molar-refractivity contribution in [2.75, 3.05) is 26.2 Å². The number of carbonyl (C=O) groups is 2. The van der Waals surface area contributed by atoms with Crippen LogP contribution >= 0.6 is 0 Å². The Bertz CT molecular complexity index is 367. The first-order valence-corrected chi connectivity index (χ1v) is 6.50. The van der Waals surface area contributed by atoms with E-state index in [9.17, 15) is 9.59 Å². The average molecular weight is 252 g/mol. The summed E-state index contributed by atoms with van der Waals surface area (Å²) < 4.78 is 4.93. The van der Waals surface area contributed by atoms with E-state index in [0.29, 0.717) is 25.3 Å². The summed E-state index contributed by atoms with van der Waals surface area (Å²) in [7, 11) is 0. The quantitative estimate of drug-likeness (QED) is 0.578. The van der Waals surface area contributed by atoms with Gasteiger partial charge in [-0.25, -0.2) is 4.79 Å². The number of likely N-dealkylation sites (tertiary alicyclic amines) is 1. The summed E-state index contributed by atoms with van der Waals surface area (Å²) in [6.45, 7) is 8.01. The van der Waals surface area contributed by atoms with Crippen molar-refractivity contribution in [1.29, 1.82) is 0 Å². The molecule has 2 aliphatic rings. The molecule has 5 heteroatoms. The van der Waals surface area contributed by atoms with Gasteiger partial charge >= 0.3 is 5.97 Å². The third-order valence-electron chi connectivity index (χ3n) is 3.67. The van der Waals surface area contributed by atoms with Crippen LogP contribution in [-0.2, 0) is 14.3 Å². The van der Waals surface area contributed by atoms with Crippen molar-refractivity contribution in [1.82, 2.24) is 10.2 Å². The second-order valence-electron chi connectivity index (χ2n) is 4.86. The number of carbonyl (C=O) groups excluding carboxylic acids is 2. The van der Waals surface area contributed by atoms with E-state index in [1.54, 1.807) is 6.92 Å². The molecule has 100 valence electrons. The second-order valence-corrected chi connectivity index (χ2v) is 4.86. The molecule has 18 heavy (non-hydrogen) atoms. The number of nitrogens with one attached hydrogen (secondary N) is 1. The molecule has 2 saturated heterocycles. The summed E-state index contributed by atoms with van der Waals surface area (Å²) in [5.74, 6) is -0.114. The van der Waals surface area contributed by atoms with E-state index >= 15 is 0 Å². The van der Waals surface area contributed by atoms with Crippen LogP contribution in [0, 0.1) is 5.92 Å². The topological polar surface area (TPSA) is 58.6 Å². The highest BCUT2D eigenvalue weighted by Gasteiger charge is 2.40. The van der Waals surface area contributed by atoms with Gasteiger partial charge in [0.05, 0.1) is 12.5 Å². The molecule has 2 atom stereocenters. The summed E-state index contributed by atoms with van der Waals surface area (Å²) in [5.41, 5.74) is 0.469. The summed E-state index contributed by atoms with van der Waals surface area (Å²) in [6, 6.07) is 0.206. The molecule has 1 N–H and O–H groups in total. The van der Waals surface area contributed by atoms with Crippen LogP contribution in [0.2, 0.25) is 0 Å². The van der Waals surface area contributed by atoms with Gasteiger partial charge in [-0.05, 0) is 26.3 Å². The normalized spacial score (nSPS) is 27.5. The molecule has 2 rings (SSSR count). The van der Waals surface area contributed by atoms with Gasteiger partial charge in [0, 0.05) is 24.7 Å². The predicted molar refractivity (Wildman–Crippen MR) is 66.9 cm³/mol. The van der Waals surface area contributed by atoms with E-state index in [-0.39, 0.29) is 23.8 Å². The Morgan fingerprint density at radius 3 is 3.11 bits per heavy atom. The van der Waals surface area contributed by atoms with E-state index in [4.69, 9.17) is 4.74 Å². The lowest BCUT2D eigenvalue weighted by atomic mass is 9.91. The highest BCUT2D eigenvalue weighted by Crippen LogP contribution is 2.27. The number of piperidine rings is 1. The molecule has 0 aromatic carbocycles. The van der Waals surface area contributed by atoms with Crippen LogP contribution in [0.5, 0.6) is 0 Å². The Morgan fingerprint density at radius 1 is 1.61 bits per heavy atom. The largest absolute Gasteiger partial charge is 0.463 e. The first-order valence-electron chi connectivity index (χ1n) is 6.50. The highest BCUT2D eigenvalue weighted by atomic mass is 16.5. The van der Waals surface area contributed by atoms with Crippen molar-refractivity contribution in [3.05, 3.63) is 12.2 Å². The fourth-order valence-electron chi connectivity index (χ4n) is 2.78. The van der Waals surface area contributed by atoms with Crippen molar-refractivity contribution in [2.45, 2.75) is 25.8 Å². The first-order chi connectivity index (χ1) is 8.63. The van der Waals surface area contributed by atoms with Gasteiger partial charge < -0.3 is 10.1 Å². The van der Waals surface area contributed by atoms with Crippen LogP contribution in [0.15, 0.2) is 12.2 Å². The smallest absolute Gasteiger partial charge is 0.334 e. The number of ether oxygens (including phenoxy) is 1. The van der Waals surface area contributed by atoms with E-state index in [2.05, 4.69) is 16.8 Å². The molecule has 2 aliphatic heterocycles. The number of nitrogens with zero attached hydrogens (tertiary/aromatic N) is 1. The fourth-order valence-corrected chi connectivity index (χ4v) is 2.78. The molecule has 0 spiro atoms. The lowest BCUT2D eigenvalue weighted by Crippen LogP contribution is -2.46. The van der Waals surface area contributed by atoms with Crippen molar-refractivity contribution in [3.8, 4) is 0 Å². The molecular formula is C13H20N2O3. The first kappa shape index (κ1) is 13.1. The predicted octanol–water partition coefficient (Wildman–Crippen LogP) is 0.316. The van der Waals surface area contributed by atoms with Gasteiger partial charge in [-0.2, -0.15) is 0 Å². The minimum atomic E-state index is -0.336. The van der Waals surface area contributed by atoms with E-state index in [1.807, 2.05) is 0 Å². The van der Waals surface area contributed by atoms with Gasteiger partial charge in [0.25, 0.3) is 0 Å². The molecule has 0 bridgehead atoms. The van der Waals surface area contributed by atoms with Crippen LogP contribution in [0.25, 0.3) is 0 Å². The van der Waals surface area contributed by atoms with Gasteiger partial charge in [0.1, 0.15) is 0 Å². The van der Waals surface area contributed by atoms with E-state index < -0.39 is 0 Å². The summed E-state index contributed by atoms with van der Waals surface area (Å²) in [4.78, 5) is 25.3. The number of fused-ring (bicyclic) bond motifs is 1. The number of hydrogen-bond acceptors (Lipinski definition) is 4. The number of hydrogen-bond donors (Lipinski definition) is 1. The highest BCUT2D eigenvalue weighted by molar-refractivity contribution is 5.88. The maximum atomic E-state index is 11.6. The third-order valence-corrected chi connectivity index (χ3v) is 3.67. The SMILES string of the molecule is C=C(CN1CCCC2C(=O)NCC21)C(=O)OCC. The zero-order chi connectivity index (χ0) is 13.1. The number of esters is 1. The molecule has 2 unspecified atom stereocenters. The molecule has 0 aliphatic carbocycles. The molecule has 0 aromatic heterocycles. The zero-order valence-electron chi connectivity index (χ0n) is 10.8. The van der Waals surface area contributed by atoms with Crippen LogP contribution in [0.4, 0.5) is 0 Å². The molecule has 1 amide bonds. The average Bonchev–Trinajstić information content (AvgIpc) is 2.73. The maximum absolute atomic E-state index is 11.6. The monoisotopic (exact) mass is 252 g/mol. The summed E-state index contributed by atoms with van der Waals surface area (Å²) >= 11 is 0. The van der Waals surface area contributed by atoms with Crippen molar-refractivity contribution >= 4 is 11.9 Å². The molecule has 2 heterocycles. The minimum absolute atomic E-state index is 0.0775. The molecule has 0 saturated carbocycles. The molecular weight excluding hydrogens is 232 g/mol. The lowest BCUT2D eigenvalue weighted by molar-refractivity contribution is -0.138. The molecule has 0 radical (unpaired) electrons. The van der Waals surface area contributed by atoms with Gasteiger partial charge in [-0.3, -0.25) is 9.69 Å². The van der Waals surface area contributed by atoms with Crippen molar-refractivity contribution in [3.63, 3.8) is 0 Å². The van der Waals surface area contributed by atoms with Gasteiger partial charge in [-0.1, -0.05) is 6.58 Å². The molecule has 5 nitrogen and oxygen atoms in total. The van der Waals surface area contributed by atoms with E-state index in [0.717, 1.165) is 19.4 Å². The fraction of sp³-hybridized carbons (Fsp3) is 0.692. The van der Waals surface area contributed by atoms with Crippen molar-refractivity contribution in [2.24, 2.45) is 5.92 Å². The van der Waals surface area contributed by atoms with E-state index in [1.165, 1.54) is 0 Å². The van der Waals surface area contributed by atoms with Gasteiger partial charge in [0.15, 0.2) is 0 Å². The Morgan fingerprint density at radius 2 is 2.39 bits per heavy atom. The Balaban J connectivity index is 1.94. The number of rotatable bonds is 4. The van der Waals surface area contributed by atoms with Gasteiger partial charge in [-0.15, -0.1) is 0 Å². The lowest BCUT2D eigenvalue weighted by Gasteiger charge is -2.35. The Kier molecular flexibility index (Phi) is 4.01. The number of amides is 1. The maximum Gasteiger partial charge on any atom is 0.334 e. The molecule has 0 aromatic rings. The molecule has 2 fully saturated rings. The van der Waals surface area contributed by atoms with Crippen molar-refractivity contribution < 1.29 is 14.3 Å². The third kappa shape index (κ3) is 2.56. The van der Waals surface area contributed by atoms with Crippen LogP contribution in [0.3, 0.4) is 0 Å². The van der Waals surface area contributed by atoms with Gasteiger partial charge in [0.2, 0.25) is 5.91 Å². The zero-order valence-corrected chi connectivity index (χ0v) is 10.8. The Hall–Kier alpha value is -1.36. The minimum Gasteiger partial charge on any atom is -0.463 e. The summed E-state index contributed by atoms with van der Waals surface area (Å²) in [5, 5.41) is 2.89. The summed E-state index contributed by atoms with van der Waals surface area (Å²) in [6.07, 6.45) is 1.93. The van der Waals surface area contributed by atoms with Crippen LogP contribution in [0.1, 0.15) is 19.8 Å². The second kappa shape index (κ2) is 5.52.